The zero-order valence-electron chi connectivity index (χ0n) is 17.7. The summed E-state index contributed by atoms with van der Waals surface area (Å²) in [5.74, 6) is -1.41. The van der Waals surface area contributed by atoms with Crippen LogP contribution < -0.4 is 20.9 Å². The zero-order valence-corrected chi connectivity index (χ0v) is 20.0. The number of nitrogens with zero attached hydrogens (tertiary/aromatic N) is 1. The third-order valence-corrected chi connectivity index (χ3v) is 4.26. The molecule has 0 aliphatic carbocycles. The van der Waals surface area contributed by atoms with Crippen molar-refractivity contribution in [3.63, 3.8) is 0 Å². The third kappa shape index (κ3) is 8.27. The molecule has 0 aromatic heterocycles. The number of amidine groups is 1. The molecular formula is C22H25IN3O6-. The lowest BCUT2D eigenvalue weighted by Gasteiger charge is -2.14. The van der Waals surface area contributed by atoms with E-state index in [2.05, 4.69) is 10.3 Å². The second-order valence-corrected chi connectivity index (χ2v) is 6.58. The first-order valence-electron chi connectivity index (χ1n) is 9.49. The molecule has 2 rings (SSSR count). The molecule has 10 heteroatoms. The Morgan fingerprint density at radius 2 is 1.59 bits per heavy atom. The molecule has 0 fully saturated rings. The fraction of sp³-hybridized carbons (Fsp3) is 0.273. The SMILES string of the molecule is COCCN=C(N)c1ccc(C(=O)NC(C)C(=O)c2ccc(OCC(=O)[O-])cc2)cc1.I. The number of aliphatic carboxylic acids is 1. The van der Waals surface area contributed by atoms with E-state index < -0.39 is 24.5 Å². The molecule has 0 saturated heterocycles. The minimum atomic E-state index is -1.34. The van der Waals surface area contributed by atoms with Gasteiger partial charge in [0.15, 0.2) is 5.78 Å². The van der Waals surface area contributed by atoms with Crippen molar-refractivity contribution in [1.82, 2.24) is 5.32 Å². The predicted octanol–water partition coefficient (Wildman–Crippen LogP) is 0.786. The number of Topliss-reactive ketones (excluding diaryl/α,β-unsaturated/α-hetero) is 1. The number of nitrogens with two attached hydrogens (primary N) is 1. The van der Waals surface area contributed by atoms with E-state index in [-0.39, 0.29) is 29.8 Å². The number of nitrogens with one attached hydrogen (secondary N) is 1. The van der Waals surface area contributed by atoms with Crippen molar-refractivity contribution in [2.45, 2.75) is 13.0 Å². The summed E-state index contributed by atoms with van der Waals surface area (Å²) >= 11 is 0. The number of hydrogen-bond donors (Lipinski definition) is 2. The minimum Gasteiger partial charge on any atom is -0.546 e. The van der Waals surface area contributed by atoms with Crippen molar-refractivity contribution in [1.29, 1.82) is 0 Å². The van der Waals surface area contributed by atoms with Crippen LogP contribution in [0.4, 0.5) is 0 Å². The molecule has 0 radical (unpaired) electrons. The molecule has 172 valence electrons. The van der Waals surface area contributed by atoms with Crippen LogP contribution in [-0.2, 0) is 9.53 Å². The summed E-state index contributed by atoms with van der Waals surface area (Å²) in [6.07, 6.45) is 0. The number of ether oxygens (including phenoxy) is 2. The van der Waals surface area contributed by atoms with Gasteiger partial charge in [0.1, 0.15) is 18.2 Å². The highest BCUT2D eigenvalue weighted by Crippen LogP contribution is 2.14. The van der Waals surface area contributed by atoms with Crippen LogP contribution in [0.1, 0.15) is 33.2 Å². The van der Waals surface area contributed by atoms with Crippen LogP contribution in [0.5, 0.6) is 5.75 Å². The number of carboxylic acid groups (broad SMARTS) is 1. The van der Waals surface area contributed by atoms with Crippen LogP contribution in [0.25, 0.3) is 0 Å². The third-order valence-electron chi connectivity index (χ3n) is 4.26. The first-order valence-corrected chi connectivity index (χ1v) is 9.49. The van der Waals surface area contributed by atoms with Crippen molar-refractivity contribution >= 4 is 47.5 Å². The van der Waals surface area contributed by atoms with Gasteiger partial charge in [0.2, 0.25) is 0 Å². The smallest absolute Gasteiger partial charge is 0.251 e. The Kier molecular flexibility index (Phi) is 11.3. The number of aliphatic imine (C=N–C) groups is 1. The summed E-state index contributed by atoms with van der Waals surface area (Å²) in [4.78, 5) is 39.6. The average Bonchev–Trinajstić information content (AvgIpc) is 2.77. The van der Waals surface area contributed by atoms with Gasteiger partial charge in [-0.15, -0.1) is 24.0 Å². The fourth-order valence-corrected chi connectivity index (χ4v) is 2.59. The molecule has 1 atom stereocenters. The standard InChI is InChI=1S/C22H25N3O6.HI/c1-14(20(28)15-7-9-18(10-8-15)31-13-19(26)27)25-22(29)17-5-3-16(4-6-17)21(23)24-11-12-30-2;/h3-10,14H,11-13H2,1-2H3,(H2,23,24)(H,25,29)(H,26,27);1H/p-1. The van der Waals surface area contributed by atoms with Crippen LogP contribution in [0.2, 0.25) is 0 Å². The van der Waals surface area contributed by atoms with Crippen LogP contribution in [0.3, 0.4) is 0 Å². The molecule has 0 saturated carbocycles. The highest BCUT2D eigenvalue weighted by Gasteiger charge is 2.18. The number of benzene rings is 2. The number of amides is 1. The highest BCUT2D eigenvalue weighted by molar-refractivity contribution is 14.0. The van der Waals surface area contributed by atoms with Gasteiger partial charge in [-0.2, -0.15) is 0 Å². The largest absolute Gasteiger partial charge is 0.546 e. The molecular weight excluding hydrogens is 529 g/mol. The summed E-state index contributed by atoms with van der Waals surface area (Å²) in [5, 5.41) is 13.1. The second-order valence-electron chi connectivity index (χ2n) is 6.58. The first kappa shape index (κ1) is 27.0. The first-order chi connectivity index (χ1) is 14.8. The van der Waals surface area contributed by atoms with E-state index in [1.165, 1.54) is 24.3 Å². The van der Waals surface area contributed by atoms with Gasteiger partial charge in [0.25, 0.3) is 5.91 Å². The van der Waals surface area contributed by atoms with Crippen molar-refractivity contribution in [3.8, 4) is 5.75 Å². The number of ketones is 1. The Labute approximate surface area is 203 Å². The van der Waals surface area contributed by atoms with E-state index in [1.54, 1.807) is 38.3 Å². The molecule has 9 nitrogen and oxygen atoms in total. The average molecular weight is 554 g/mol. The number of carboxylic acids is 1. The summed E-state index contributed by atoms with van der Waals surface area (Å²) in [5.41, 5.74) is 7.30. The summed E-state index contributed by atoms with van der Waals surface area (Å²) in [6.45, 7) is 1.90. The van der Waals surface area contributed by atoms with Gasteiger partial charge in [-0.1, -0.05) is 12.1 Å². The molecule has 0 aliphatic heterocycles. The lowest BCUT2D eigenvalue weighted by Crippen LogP contribution is -2.38. The van der Waals surface area contributed by atoms with Gasteiger partial charge in [0, 0.05) is 23.8 Å². The van der Waals surface area contributed by atoms with Gasteiger partial charge in [-0.3, -0.25) is 14.6 Å². The molecule has 0 bridgehead atoms. The lowest BCUT2D eigenvalue weighted by atomic mass is 10.0. The number of carbonyl (C=O) groups excluding carboxylic acids is 3. The Morgan fingerprint density at radius 1 is 1.03 bits per heavy atom. The highest BCUT2D eigenvalue weighted by atomic mass is 127. The maximum Gasteiger partial charge on any atom is 0.251 e. The normalized spacial score (nSPS) is 11.8. The van der Waals surface area contributed by atoms with Crippen LogP contribution >= 0.6 is 24.0 Å². The molecule has 32 heavy (non-hydrogen) atoms. The van der Waals surface area contributed by atoms with Crippen molar-refractivity contribution in [3.05, 3.63) is 65.2 Å². The molecule has 0 heterocycles. The van der Waals surface area contributed by atoms with Crippen molar-refractivity contribution in [2.24, 2.45) is 10.7 Å². The minimum absolute atomic E-state index is 0. The quantitative estimate of drug-likeness (QED) is 0.137. The number of halogens is 1. The zero-order chi connectivity index (χ0) is 22.8. The molecule has 1 unspecified atom stereocenters. The van der Waals surface area contributed by atoms with Crippen molar-refractivity contribution in [2.75, 3.05) is 26.9 Å². The monoisotopic (exact) mass is 554 g/mol. The fourth-order valence-electron chi connectivity index (χ4n) is 2.59. The number of hydrogen-bond acceptors (Lipinski definition) is 7. The number of carbonyl (C=O) groups is 3. The predicted molar refractivity (Wildman–Crippen MR) is 128 cm³/mol. The van der Waals surface area contributed by atoms with E-state index in [4.69, 9.17) is 15.2 Å². The van der Waals surface area contributed by atoms with Gasteiger partial charge in [-0.05, 0) is 43.3 Å². The van der Waals surface area contributed by atoms with Gasteiger partial charge >= 0.3 is 0 Å². The molecule has 0 aliphatic rings. The van der Waals surface area contributed by atoms with E-state index in [1.807, 2.05) is 0 Å². The van der Waals surface area contributed by atoms with E-state index in [9.17, 15) is 19.5 Å². The maximum atomic E-state index is 12.6. The van der Waals surface area contributed by atoms with E-state index in [0.717, 1.165) is 0 Å². The van der Waals surface area contributed by atoms with Crippen molar-refractivity contribution < 1.29 is 29.0 Å². The number of rotatable bonds is 11. The molecule has 1 amide bonds. The number of methoxy groups -OCH3 is 1. The topological polar surface area (TPSA) is 143 Å². The van der Waals surface area contributed by atoms with E-state index in [0.29, 0.717) is 41.4 Å². The van der Waals surface area contributed by atoms with Crippen LogP contribution in [0, 0.1) is 0 Å². The Morgan fingerprint density at radius 3 is 2.16 bits per heavy atom. The van der Waals surface area contributed by atoms with Crippen LogP contribution in [0.15, 0.2) is 53.5 Å². The lowest BCUT2D eigenvalue weighted by molar-refractivity contribution is -0.307. The van der Waals surface area contributed by atoms with Gasteiger partial charge < -0.3 is 30.4 Å². The van der Waals surface area contributed by atoms with E-state index >= 15 is 0 Å². The van der Waals surface area contributed by atoms with Crippen LogP contribution in [-0.4, -0.2) is 56.4 Å². The van der Waals surface area contributed by atoms with Gasteiger partial charge in [0.05, 0.1) is 25.2 Å². The second kappa shape index (κ2) is 13.4. The molecule has 2 aromatic rings. The summed E-state index contributed by atoms with van der Waals surface area (Å²) in [6, 6.07) is 11.7. The summed E-state index contributed by atoms with van der Waals surface area (Å²) < 4.78 is 9.89. The Balaban J connectivity index is 0.00000512. The molecule has 2 aromatic carbocycles. The Bertz CT molecular complexity index is 945. The molecule has 0 spiro atoms. The molecule has 3 N–H and O–H groups in total. The summed E-state index contributed by atoms with van der Waals surface area (Å²) in [7, 11) is 1.58. The maximum absolute atomic E-state index is 12.6. The Hall–Kier alpha value is -2.99. The van der Waals surface area contributed by atoms with Gasteiger partial charge in [-0.25, -0.2) is 0 Å².